The van der Waals surface area contributed by atoms with Crippen molar-refractivity contribution in [2.24, 2.45) is 0 Å². The van der Waals surface area contributed by atoms with Crippen molar-refractivity contribution in [3.63, 3.8) is 0 Å². The fourth-order valence-corrected chi connectivity index (χ4v) is 1.86. The fourth-order valence-electron chi connectivity index (χ4n) is 1.47. The number of hydrogen-bond acceptors (Lipinski definition) is 2. The molecule has 0 radical (unpaired) electrons. The lowest BCUT2D eigenvalue weighted by atomic mass is 10.3. The minimum atomic E-state index is -0.117. The molecule has 0 aliphatic carbocycles. The van der Waals surface area contributed by atoms with Crippen molar-refractivity contribution in [2.45, 2.75) is 19.9 Å². The van der Waals surface area contributed by atoms with Gasteiger partial charge in [0.15, 0.2) is 0 Å². The van der Waals surface area contributed by atoms with Gasteiger partial charge in [0.25, 0.3) is 0 Å². The number of hydrogen-bond donors (Lipinski definition) is 0. The molecule has 0 N–H and O–H groups in total. The Labute approximate surface area is 102 Å². The minimum Gasteiger partial charge on any atom is -0.250 e. The highest BCUT2D eigenvalue weighted by atomic mass is 79.9. The Morgan fingerprint density at radius 1 is 1.38 bits per heavy atom. The molecule has 84 valence electrons. The van der Waals surface area contributed by atoms with Crippen LogP contribution in [0.25, 0.3) is 5.69 Å². The summed E-state index contributed by atoms with van der Waals surface area (Å²) >= 11 is 3.38. The molecule has 0 aliphatic heterocycles. The van der Waals surface area contributed by atoms with Gasteiger partial charge in [-0.2, -0.15) is 5.10 Å². The Balaban J connectivity index is 2.54. The predicted molar refractivity (Wildman–Crippen MR) is 65.9 cm³/mol. The van der Waals surface area contributed by atoms with Crippen LogP contribution < -0.4 is 5.69 Å². The molecule has 2 aromatic rings. The van der Waals surface area contributed by atoms with Gasteiger partial charge in [0.1, 0.15) is 6.33 Å². The summed E-state index contributed by atoms with van der Waals surface area (Å²) in [5.74, 6) is 0. The molecule has 5 heteroatoms. The monoisotopic (exact) mass is 281 g/mol. The van der Waals surface area contributed by atoms with E-state index in [1.54, 1.807) is 6.33 Å². The molecule has 2 rings (SSSR count). The zero-order chi connectivity index (χ0) is 11.7. The van der Waals surface area contributed by atoms with E-state index in [0.717, 1.165) is 10.2 Å². The average Bonchev–Trinajstić information content (AvgIpc) is 2.60. The third kappa shape index (κ3) is 1.95. The molecular formula is C11H12BrN3O. The average molecular weight is 282 g/mol. The maximum atomic E-state index is 12.0. The van der Waals surface area contributed by atoms with Crippen molar-refractivity contribution in [3.05, 3.63) is 45.5 Å². The van der Waals surface area contributed by atoms with Crippen LogP contribution in [0.2, 0.25) is 0 Å². The highest BCUT2D eigenvalue weighted by Gasteiger charge is 2.08. The number of aromatic nitrogens is 3. The van der Waals surface area contributed by atoms with Gasteiger partial charge in [-0.15, -0.1) is 0 Å². The second kappa shape index (κ2) is 4.25. The van der Waals surface area contributed by atoms with Gasteiger partial charge >= 0.3 is 5.69 Å². The smallest absolute Gasteiger partial charge is 0.250 e. The number of halogens is 1. The van der Waals surface area contributed by atoms with Crippen LogP contribution in [0.15, 0.2) is 39.9 Å². The zero-order valence-electron chi connectivity index (χ0n) is 9.09. The summed E-state index contributed by atoms with van der Waals surface area (Å²) < 4.78 is 3.93. The maximum Gasteiger partial charge on any atom is 0.350 e. The molecule has 4 nitrogen and oxygen atoms in total. The van der Waals surface area contributed by atoms with Crippen molar-refractivity contribution >= 4 is 15.9 Å². The van der Waals surface area contributed by atoms with Gasteiger partial charge in [-0.3, -0.25) is 0 Å². The molecule has 0 saturated carbocycles. The predicted octanol–water partition coefficient (Wildman–Crippen LogP) is 2.38. The van der Waals surface area contributed by atoms with Crippen LogP contribution in [-0.4, -0.2) is 14.3 Å². The van der Waals surface area contributed by atoms with Gasteiger partial charge < -0.3 is 0 Å². The lowest BCUT2D eigenvalue weighted by Gasteiger charge is -2.03. The number of rotatable bonds is 2. The first-order valence-corrected chi connectivity index (χ1v) is 5.81. The van der Waals surface area contributed by atoms with Crippen molar-refractivity contribution in [3.8, 4) is 5.69 Å². The molecule has 0 atom stereocenters. The van der Waals surface area contributed by atoms with Gasteiger partial charge in [-0.25, -0.2) is 14.0 Å². The van der Waals surface area contributed by atoms with Crippen LogP contribution in [0.3, 0.4) is 0 Å². The standard InChI is InChI=1S/C11H12BrN3O/c1-8(2)15-11(16)14(7-13-15)10-5-3-4-9(12)6-10/h3-8H,1-2H3. The van der Waals surface area contributed by atoms with Gasteiger partial charge in [0.2, 0.25) is 0 Å². The van der Waals surface area contributed by atoms with Gasteiger partial charge in [-0.1, -0.05) is 22.0 Å². The van der Waals surface area contributed by atoms with E-state index in [9.17, 15) is 4.79 Å². The van der Waals surface area contributed by atoms with E-state index in [2.05, 4.69) is 21.0 Å². The Kier molecular flexibility index (Phi) is 2.96. The molecule has 0 amide bonds. The summed E-state index contributed by atoms with van der Waals surface area (Å²) in [7, 11) is 0. The van der Waals surface area contributed by atoms with Crippen molar-refractivity contribution in [1.29, 1.82) is 0 Å². The highest BCUT2D eigenvalue weighted by molar-refractivity contribution is 9.10. The van der Waals surface area contributed by atoms with E-state index >= 15 is 0 Å². The van der Waals surface area contributed by atoms with Gasteiger partial charge in [0.05, 0.1) is 11.7 Å². The van der Waals surface area contributed by atoms with Crippen LogP contribution in [0.5, 0.6) is 0 Å². The van der Waals surface area contributed by atoms with Crippen LogP contribution in [-0.2, 0) is 0 Å². The molecule has 0 aliphatic rings. The molecule has 0 unspecified atom stereocenters. The molecular weight excluding hydrogens is 270 g/mol. The lowest BCUT2D eigenvalue weighted by Crippen LogP contribution is -2.25. The Hall–Kier alpha value is -1.36. The molecule has 16 heavy (non-hydrogen) atoms. The Morgan fingerprint density at radius 3 is 2.69 bits per heavy atom. The molecule has 0 spiro atoms. The van der Waals surface area contributed by atoms with Crippen LogP contribution in [0, 0.1) is 0 Å². The first kappa shape index (κ1) is 11.1. The zero-order valence-corrected chi connectivity index (χ0v) is 10.7. The minimum absolute atomic E-state index is 0.0703. The normalized spacial score (nSPS) is 11.0. The fraction of sp³-hybridized carbons (Fsp3) is 0.273. The summed E-state index contributed by atoms with van der Waals surface area (Å²) in [6.45, 7) is 3.86. The molecule has 0 fully saturated rings. The van der Waals surface area contributed by atoms with E-state index in [1.165, 1.54) is 9.25 Å². The van der Waals surface area contributed by atoms with Crippen molar-refractivity contribution in [1.82, 2.24) is 14.3 Å². The largest absolute Gasteiger partial charge is 0.350 e. The second-order valence-electron chi connectivity index (χ2n) is 3.80. The van der Waals surface area contributed by atoms with Gasteiger partial charge in [-0.05, 0) is 32.0 Å². The van der Waals surface area contributed by atoms with E-state index in [0.29, 0.717) is 0 Å². The quantitative estimate of drug-likeness (QED) is 0.848. The van der Waals surface area contributed by atoms with Gasteiger partial charge in [0, 0.05) is 4.47 Å². The first-order valence-electron chi connectivity index (χ1n) is 5.01. The van der Waals surface area contributed by atoms with Crippen LogP contribution in [0.4, 0.5) is 0 Å². The van der Waals surface area contributed by atoms with Crippen molar-refractivity contribution < 1.29 is 0 Å². The molecule has 1 aromatic heterocycles. The summed E-state index contributed by atoms with van der Waals surface area (Å²) in [5.41, 5.74) is 0.694. The number of nitrogens with zero attached hydrogens (tertiary/aromatic N) is 3. The maximum absolute atomic E-state index is 12.0. The molecule has 0 bridgehead atoms. The van der Waals surface area contributed by atoms with Crippen LogP contribution >= 0.6 is 15.9 Å². The van der Waals surface area contributed by atoms with E-state index < -0.39 is 0 Å². The first-order chi connectivity index (χ1) is 7.59. The van der Waals surface area contributed by atoms with Crippen molar-refractivity contribution in [2.75, 3.05) is 0 Å². The Bertz CT molecular complexity index is 556. The molecule has 1 heterocycles. The topological polar surface area (TPSA) is 39.8 Å². The Morgan fingerprint density at radius 2 is 2.12 bits per heavy atom. The molecule has 0 saturated heterocycles. The summed E-state index contributed by atoms with van der Waals surface area (Å²) in [6.07, 6.45) is 1.55. The second-order valence-corrected chi connectivity index (χ2v) is 4.72. The SMILES string of the molecule is CC(C)n1ncn(-c2cccc(Br)c2)c1=O. The highest BCUT2D eigenvalue weighted by Crippen LogP contribution is 2.13. The van der Waals surface area contributed by atoms with E-state index in [-0.39, 0.29) is 11.7 Å². The number of benzene rings is 1. The van der Waals surface area contributed by atoms with E-state index in [1.807, 2.05) is 38.1 Å². The van der Waals surface area contributed by atoms with E-state index in [4.69, 9.17) is 0 Å². The third-order valence-electron chi connectivity index (χ3n) is 2.27. The summed E-state index contributed by atoms with van der Waals surface area (Å²) in [5, 5.41) is 4.07. The third-order valence-corrected chi connectivity index (χ3v) is 2.76. The molecule has 1 aromatic carbocycles. The summed E-state index contributed by atoms with van der Waals surface area (Å²) in [6, 6.07) is 7.63. The lowest BCUT2D eigenvalue weighted by molar-refractivity contribution is 0.511. The summed E-state index contributed by atoms with van der Waals surface area (Å²) in [4.78, 5) is 12.0. The van der Waals surface area contributed by atoms with Crippen LogP contribution in [0.1, 0.15) is 19.9 Å².